The van der Waals surface area contributed by atoms with E-state index in [1.165, 1.54) is 16.4 Å². The van der Waals surface area contributed by atoms with Crippen molar-refractivity contribution in [1.82, 2.24) is 19.1 Å². The summed E-state index contributed by atoms with van der Waals surface area (Å²) < 4.78 is 35.3. The third kappa shape index (κ3) is 5.62. The number of hydrogen-bond donors (Lipinski definition) is 2. The Morgan fingerprint density at radius 3 is 2.52 bits per heavy atom. The third-order valence-electron chi connectivity index (χ3n) is 7.93. The number of carbonyl (C=O) groups excluding carboxylic acids is 1. The number of nitrogens with one attached hydrogen (secondary N) is 1. The first-order valence-electron chi connectivity index (χ1n) is 13.8. The predicted molar refractivity (Wildman–Crippen MR) is 163 cm³/mol. The molecule has 3 aromatic rings. The van der Waals surface area contributed by atoms with Crippen molar-refractivity contribution >= 4 is 56.0 Å². The minimum Gasteiger partial charge on any atom is -0.487 e. The lowest BCUT2D eigenvalue weighted by molar-refractivity contribution is -0.137. The SMILES string of the molecule is Cc1ccc2cccc(OCc3c(Cl)ccc(S(=O)(=O)N4CCC[C@H]4C(=O)N4CC(C)N(C(=N)N)C(C)C4)c3Cl)c2n1. The van der Waals surface area contributed by atoms with E-state index in [0.717, 1.165) is 11.1 Å². The lowest BCUT2D eigenvalue weighted by atomic mass is 10.1. The molecule has 2 aromatic carbocycles. The molecule has 5 rings (SSSR count). The highest BCUT2D eigenvalue weighted by molar-refractivity contribution is 7.89. The van der Waals surface area contributed by atoms with Gasteiger partial charge in [-0.15, -0.1) is 0 Å². The first-order chi connectivity index (χ1) is 19.9. The molecule has 224 valence electrons. The molecule has 2 aliphatic rings. The molecule has 3 heterocycles. The van der Waals surface area contributed by atoms with Gasteiger partial charge in [-0.3, -0.25) is 10.2 Å². The van der Waals surface area contributed by atoms with Gasteiger partial charge in [0.2, 0.25) is 15.9 Å². The van der Waals surface area contributed by atoms with Gasteiger partial charge in [0.25, 0.3) is 0 Å². The molecule has 2 saturated heterocycles. The van der Waals surface area contributed by atoms with Crippen LogP contribution in [-0.2, 0) is 21.4 Å². The van der Waals surface area contributed by atoms with Gasteiger partial charge in [-0.05, 0) is 57.9 Å². The number of hydrogen-bond acceptors (Lipinski definition) is 6. The Morgan fingerprint density at radius 1 is 1.12 bits per heavy atom. The van der Waals surface area contributed by atoms with E-state index in [-0.39, 0.29) is 52.0 Å². The summed E-state index contributed by atoms with van der Waals surface area (Å²) in [6, 6.07) is 11.1. The monoisotopic (exact) mass is 632 g/mol. The van der Waals surface area contributed by atoms with Crippen LogP contribution >= 0.6 is 23.2 Å². The summed E-state index contributed by atoms with van der Waals surface area (Å²) in [5.74, 6) is 0.219. The highest BCUT2D eigenvalue weighted by atomic mass is 35.5. The molecule has 13 heteroatoms. The lowest BCUT2D eigenvalue weighted by Gasteiger charge is -2.45. The van der Waals surface area contributed by atoms with E-state index < -0.39 is 16.1 Å². The molecule has 10 nitrogen and oxygen atoms in total. The zero-order valence-corrected chi connectivity index (χ0v) is 26.0. The normalized spacial score (nSPS) is 21.6. The molecular formula is C29H34Cl2N6O4S. The van der Waals surface area contributed by atoms with Gasteiger partial charge < -0.3 is 20.3 Å². The Labute approximate surface area is 255 Å². The number of aryl methyl sites for hydroxylation is 1. The Bertz CT molecular complexity index is 1640. The maximum absolute atomic E-state index is 14.0. The van der Waals surface area contributed by atoms with Crippen LogP contribution in [0.5, 0.6) is 5.75 Å². The van der Waals surface area contributed by atoms with E-state index in [1.54, 1.807) is 15.9 Å². The summed E-state index contributed by atoms with van der Waals surface area (Å²) in [5, 5.41) is 8.99. The van der Waals surface area contributed by atoms with Gasteiger partial charge in [0.15, 0.2) is 5.96 Å². The number of halogens is 2. The Balaban J connectivity index is 1.39. The van der Waals surface area contributed by atoms with Gasteiger partial charge in [0.05, 0.1) is 5.02 Å². The van der Waals surface area contributed by atoms with Gasteiger partial charge in [-0.25, -0.2) is 13.4 Å². The molecule has 2 aliphatic heterocycles. The second kappa shape index (κ2) is 11.9. The average Bonchev–Trinajstić information content (AvgIpc) is 3.43. The summed E-state index contributed by atoms with van der Waals surface area (Å²) >= 11 is 13.2. The number of para-hydroxylation sites is 1. The molecule has 42 heavy (non-hydrogen) atoms. The summed E-state index contributed by atoms with van der Waals surface area (Å²) in [5.41, 5.74) is 7.58. The number of piperazine rings is 1. The number of sulfonamides is 1. The molecule has 1 amide bonds. The third-order valence-corrected chi connectivity index (χ3v) is 10.8. The summed E-state index contributed by atoms with van der Waals surface area (Å²) in [4.78, 5) is 21.6. The van der Waals surface area contributed by atoms with Gasteiger partial charge in [-0.1, -0.05) is 41.4 Å². The highest BCUT2D eigenvalue weighted by Crippen LogP contribution is 2.37. The average molecular weight is 634 g/mol. The van der Waals surface area contributed by atoms with Crippen molar-refractivity contribution in [1.29, 1.82) is 5.41 Å². The van der Waals surface area contributed by atoms with Gasteiger partial charge in [0.1, 0.15) is 28.8 Å². The molecule has 2 fully saturated rings. The van der Waals surface area contributed by atoms with Crippen LogP contribution in [0.3, 0.4) is 0 Å². The molecule has 2 unspecified atom stereocenters. The van der Waals surface area contributed by atoms with E-state index in [9.17, 15) is 13.2 Å². The van der Waals surface area contributed by atoms with Crippen LogP contribution in [0.1, 0.15) is 37.9 Å². The molecule has 3 atom stereocenters. The van der Waals surface area contributed by atoms with E-state index in [4.69, 9.17) is 39.1 Å². The highest BCUT2D eigenvalue weighted by Gasteiger charge is 2.44. The van der Waals surface area contributed by atoms with Crippen LogP contribution in [0, 0.1) is 12.3 Å². The smallest absolute Gasteiger partial charge is 0.245 e. The predicted octanol–water partition coefficient (Wildman–Crippen LogP) is 4.40. The van der Waals surface area contributed by atoms with Crippen molar-refractivity contribution in [2.24, 2.45) is 5.73 Å². The Kier molecular flexibility index (Phi) is 8.58. The minimum absolute atomic E-state index is 0.0395. The first-order valence-corrected chi connectivity index (χ1v) is 16.0. The first kappa shape index (κ1) is 30.3. The largest absolute Gasteiger partial charge is 0.487 e. The molecule has 0 radical (unpaired) electrons. The molecule has 0 bridgehead atoms. The fourth-order valence-electron chi connectivity index (χ4n) is 5.98. The number of amides is 1. The topological polar surface area (TPSA) is 133 Å². The van der Waals surface area contributed by atoms with Crippen LogP contribution < -0.4 is 10.5 Å². The minimum atomic E-state index is -4.15. The second-order valence-corrected chi connectivity index (χ2v) is 13.6. The lowest BCUT2D eigenvalue weighted by Crippen LogP contribution is -2.63. The number of benzene rings is 2. The standard InChI is InChI=1S/C29H34Cl2N6O4S/c1-17-9-10-20-6-4-8-24(27(20)34-17)41-16-21-22(30)11-12-25(26(21)31)42(39,40)36-13-5-7-23(36)28(38)35-14-18(2)37(29(32)33)19(3)15-35/h4,6,8-12,18-19,23H,5,7,13-16H2,1-3H3,(H3,32,33)/t18?,19?,23-/m0/s1. The Morgan fingerprint density at radius 2 is 1.83 bits per heavy atom. The number of aromatic nitrogens is 1. The fraction of sp³-hybridized carbons (Fsp3) is 0.414. The Hall–Kier alpha value is -3.12. The van der Waals surface area contributed by atoms with Crippen molar-refractivity contribution < 1.29 is 17.9 Å². The number of rotatable bonds is 6. The van der Waals surface area contributed by atoms with Crippen molar-refractivity contribution in [3.63, 3.8) is 0 Å². The molecule has 0 spiro atoms. The summed E-state index contributed by atoms with van der Waals surface area (Å²) in [6.07, 6.45) is 0.950. The van der Waals surface area contributed by atoms with Gasteiger partial charge in [-0.2, -0.15) is 4.31 Å². The van der Waals surface area contributed by atoms with Crippen LogP contribution in [0.15, 0.2) is 47.4 Å². The number of fused-ring (bicyclic) bond motifs is 1. The second-order valence-electron chi connectivity index (χ2n) is 10.9. The van der Waals surface area contributed by atoms with Crippen molar-refractivity contribution in [2.75, 3.05) is 19.6 Å². The van der Waals surface area contributed by atoms with Crippen LogP contribution in [-0.4, -0.2) is 77.1 Å². The summed E-state index contributed by atoms with van der Waals surface area (Å²) in [6.45, 7) is 6.50. The van der Waals surface area contributed by atoms with Crippen molar-refractivity contribution in [3.05, 3.63) is 63.8 Å². The fourth-order valence-corrected chi connectivity index (χ4v) is 8.50. The van der Waals surface area contributed by atoms with Gasteiger partial charge in [0, 0.05) is 53.4 Å². The molecule has 0 saturated carbocycles. The van der Waals surface area contributed by atoms with Crippen molar-refractivity contribution in [3.8, 4) is 5.75 Å². The maximum Gasteiger partial charge on any atom is 0.245 e. The maximum atomic E-state index is 14.0. The molecule has 1 aromatic heterocycles. The number of pyridine rings is 1. The van der Waals surface area contributed by atoms with E-state index in [2.05, 4.69) is 4.98 Å². The molecule has 0 aliphatic carbocycles. The number of guanidine groups is 1. The number of nitrogens with zero attached hydrogens (tertiary/aromatic N) is 4. The van der Waals surface area contributed by atoms with Crippen LogP contribution in [0.2, 0.25) is 10.0 Å². The summed E-state index contributed by atoms with van der Waals surface area (Å²) in [7, 11) is -4.15. The zero-order valence-electron chi connectivity index (χ0n) is 23.7. The number of ether oxygens (including phenoxy) is 1. The van der Waals surface area contributed by atoms with E-state index in [1.807, 2.05) is 45.0 Å². The number of carbonyl (C=O) groups is 1. The molecular weight excluding hydrogens is 599 g/mol. The number of nitrogens with two attached hydrogens (primary N) is 1. The quantitative estimate of drug-likeness (QED) is 0.304. The van der Waals surface area contributed by atoms with E-state index >= 15 is 0 Å². The van der Waals surface area contributed by atoms with Crippen LogP contribution in [0.4, 0.5) is 0 Å². The van der Waals surface area contributed by atoms with Gasteiger partial charge >= 0.3 is 0 Å². The van der Waals surface area contributed by atoms with E-state index in [0.29, 0.717) is 42.8 Å². The van der Waals surface area contributed by atoms with Crippen molar-refractivity contribution in [2.45, 2.75) is 63.2 Å². The molecule has 3 N–H and O–H groups in total. The zero-order chi connectivity index (χ0) is 30.3. The van der Waals surface area contributed by atoms with Crippen LogP contribution in [0.25, 0.3) is 10.9 Å².